The predicted molar refractivity (Wildman–Crippen MR) is 61.4 cm³/mol. The Bertz CT molecular complexity index is 499. The summed E-state index contributed by atoms with van der Waals surface area (Å²) in [5, 5.41) is 20.3. The topological polar surface area (TPSA) is 59.6 Å². The highest BCUT2D eigenvalue weighted by atomic mass is 14.8. The van der Waals surface area contributed by atoms with Crippen molar-refractivity contribution in [2.75, 3.05) is 5.32 Å². The van der Waals surface area contributed by atoms with Crippen LogP contribution in [0.1, 0.15) is 17.5 Å². The highest BCUT2D eigenvalue weighted by Gasteiger charge is 2.13. The first-order valence-electron chi connectivity index (χ1n) is 5.23. The van der Waals surface area contributed by atoms with Crippen LogP contribution in [0.3, 0.4) is 0 Å². The molecular formula is C13H11N3. The van der Waals surface area contributed by atoms with Gasteiger partial charge in [-0.2, -0.15) is 10.5 Å². The fraction of sp³-hybridized carbons (Fsp3) is 0.231. The van der Waals surface area contributed by atoms with Gasteiger partial charge in [0.2, 0.25) is 0 Å². The second-order valence-corrected chi connectivity index (χ2v) is 3.72. The molecule has 0 amide bonds. The smallest absolute Gasteiger partial charge is 0.145 e. The average Bonchev–Trinajstić information content (AvgIpc) is 2.79. The molecule has 3 nitrogen and oxygen atoms in total. The summed E-state index contributed by atoms with van der Waals surface area (Å²) in [6.07, 6.45) is 4.84. The van der Waals surface area contributed by atoms with Gasteiger partial charge in [0, 0.05) is 11.9 Å². The number of hydrogen-bond acceptors (Lipinski definition) is 3. The molecule has 0 fully saturated rings. The molecule has 2 rings (SSSR count). The fourth-order valence-electron chi connectivity index (χ4n) is 1.99. The lowest BCUT2D eigenvalue weighted by Crippen LogP contribution is -1.95. The van der Waals surface area contributed by atoms with Crippen molar-refractivity contribution in [2.24, 2.45) is 0 Å². The number of hydrogen-bond donors (Lipinski definition) is 1. The molecule has 16 heavy (non-hydrogen) atoms. The molecule has 1 aromatic rings. The van der Waals surface area contributed by atoms with Gasteiger partial charge in [-0.1, -0.05) is 12.1 Å². The number of rotatable bonds is 2. The van der Waals surface area contributed by atoms with E-state index in [-0.39, 0.29) is 5.57 Å². The van der Waals surface area contributed by atoms with E-state index >= 15 is 0 Å². The van der Waals surface area contributed by atoms with Gasteiger partial charge in [0.1, 0.15) is 17.7 Å². The van der Waals surface area contributed by atoms with Crippen LogP contribution in [0.4, 0.5) is 5.69 Å². The SMILES string of the molecule is N#CC(C#N)=CNc1cccc2c1CCC2. The Kier molecular flexibility index (Phi) is 2.89. The van der Waals surface area contributed by atoms with Crippen LogP contribution in [0, 0.1) is 22.7 Å². The maximum atomic E-state index is 8.62. The Hall–Kier alpha value is -2.26. The van der Waals surface area contributed by atoms with Gasteiger partial charge < -0.3 is 5.32 Å². The first-order valence-corrected chi connectivity index (χ1v) is 5.23. The van der Waals surface area contributed by atoms with Crippen molar-refractivity contribution in [2.45, 2.75) is 19.3 Å². The summed E-state index contributed by atoms with van der Waals surface area (Å²) < 4.78 is 0. The molecule has 78 valence electrons. The lowest BCUT2D eigenvalue weighted by atomic mass is 10.1. The van der Waals surface area contributed by atoms with Crippen LogP contribution in [0.2, 0.25) is 0 Å². The highest BCUT2D eigenvalue weighted by molar-refractivity contribution is 5.59. The molecule has 0 spiro atoms. The van der Waals surface area contributed by atoms with E-state index in [0.29, 0.717) is 0 Å². The number of benzene rings is 1. The second-order valence-electron chi connectivity index (χ2n) is 3.72. The molecule has 0 saturated carbocycles. The Labute approximate surface area is 94.6 Å². The number of aryl methyl sites for hydroxylation is 1. The van der Waals surface area contributed by atoms with Gasteiger partial charge >= 0.3 is 0 Å². The third kappa shape index (κ3) is 1.89. The minimum absolute atomic E-state index is 0.0931. The van der Waals surface area contributed by atoms with Crippen LogP contribution in [0.15, 0.2) is 30.0 Å². The minimum Gasteiger partial charge on any atom is -0.360 e. The molecule has 0 unspecified atom stereocenters. The van der Waals surface area contributed by atoms with E-state index in [4.69, 9.17) is 10.5 Å². The summed E-state index contributed by atoms with van der Waals surface area (Å²) in [5.41, 5.74) is 3.79. The summed E-state index contributed by atoms with van der Waals surface area (Å²) >= 11 is 0. The van der Waals surface area contributed by atoms with Crippen molar-refractivity contribution in [3.8, 4) is 12.1 Å². The minimum atomic E-state index is 0.0931. The average molecular weight is 209 g/mol. The monoisotopic (exact) mass is 209 g/mol. The number of anilines is 1. The number of nitrogens with one attached hydrogen (secondary N) is 1. The lowest BCUT2D eigenvalue weighted by molar-refractivity contribution is 0.912. The van der Waals surface area contributed by atoms with Gasteiger partial charge in [0.05, 0.1) is 0 Å². The zero-order valence-electron chi connectivity index (χ0n) is 8.83. The largest absolute Gasteiger partial charge is 0.360 e. The normalized spacial score (nSPS) is 12.1. The lowest BCUT2D eigenvalue weighted by Gasteiger charge is -2.07. The molecule has 1 aromatic carbocycles. The van der Waals surface area contributed by atoms with Crippen LogP contribution in [-0.4, -0.2) is 0 Å². The molecule has 0 atom stereocenters. The maximum Gasteiger partial charge on any atom is 0.145 e. The highest BCUT2D eigenvalue weighted by Crippen LogP contribution is 2.28. The van der Waals surface area contributed by atoms with Crippen LogP contribution >= 0.6 is 0 Å². The molecule has 0 heterocycles. The maximum absolute atomic E-state index is 8.62. The quantitative estimate of drug-likeness (QED) is 0.761. The summed E-state index contributed by atoms with van der Waals surface area (Å²) in [7, 11) is 0. The van der Waals surface area contributed by atoms with Crippen molar-refractivity contribution in [1.82, 2.24) is 0 Å². The van der Waals surface area contributed by atoms with E-state index in [1.807, 2.05) is 24.3 Å². The molecule has 0 saturated heterocycles. The van der Waals surface area contributed by atoms with E-state index in [0.717, 1.165) is 18.5 Å². The standard InChI is InChI=1S/C13H11N3/c14-7-10(8-15)9-16-13-6-2-4-11-3-1-5-12(11)13/h2,4,6,9,16H,1,3,5H2. The summed E-state index contributed by atoms with van der Waals surface area (Å²) in [5.74, 6) is 0. The molecule has 0 bridgehead atoms. The van der Waals surface area contributed by atoms with Crippen LogP contribution < -0.4 is 5.32 Å². The Balaban J connectivity index is 2.25. The Morgan fingerprint density at radius 3 is 2.81 bits per heavy atom. The van der Waals surface area contributed by atoms with Gasteiger partial charge in [-0.15, -0.1) is 0 Å². The molecule has 0 aromatic heterocycles. The van der Waals surface area contributed by atoms with Gasteiger partial charge in [-0.25, -0.2) is 0 Å². The number of fused-ring (bicyclic) bond motifs is 1. The third-order valence-corrected chi connectivity index (χ3v) is 2.76. The zero-order chi connectivity index (χ0) is 11.4. The van der Waals surface area contributed by atoms with Crippen LogP contribution in [0.25, 0.3) is 0 Å². The Morgan fingerprint density at radius 2 is 2.06 bits per heavy atom. The van der Waals surface area contributed by atoms with Gasteiger partial charge in [-0.05, 0) is 36.5 Å². The van der Waals surface area contributed by atoms with Crippen molar-refractivity contribution < 1.29 is 0 Å². The van der Waals surface area contributed by atoms with Crippen molar-refractivity contribution in [3.63, 3.8) is 0 Å². The second kappa shape index (κ2) is 4.51. The molecule has 1 aliphatic carbocycles. The number of nitrogens with zero attached hydrogens (tertiary/aromatic N) is 2. The first-order chi connectivity index (χ1) is 7.85. The van der Waals surface area contributed by atoms with Gasteiger partial charge in [-0.3, -0.25) is 0 Å². The van der Waals surface area contributed by atoms with E-state index in [1.54, 1.807) is 0 Å². The van der Waals surface area contributed by atoms with Gasteiger partial charge in [0.15, 0.2) is 0 Å². The van der Waals surface area contributed by atoms with Crippen LogP contribution in [0.5, 0.6) is 0 Å². The molecule has 0 radical (unpaired) electrons. The van der Waals surface area contributed by atoms with E-state index < -0.39 is 0 Å². The number of nitriles is 2. The molecule has 0 aliphatic heterocycles. The number of allylic oxidation sites excluding steroid dienone is 1. The van der Waals surface area contributed by atoms with E-state index in [9.17, 15) is 0 Å². The third-order valence-electron chi connectivity index (χ3n) is 2.76. The van der Waals surface area contributed by atoms with E-state index in [2.05, 4.69) is 11.4 Å². The van der Waals surface area contributed by atoms with Crippen molar-refractivity contribution in [1.29, 1.82) is 10.5 Å². The molecule has 1 N–H and O–H groups in total. The predicted octanol–water partition coefficient (Wildman–Crippen LogP) is 2.52. The Morgan fingerprint density at radius 1 is 1.25 bits per heavy atom. The summed E-state index contributed by atoms with van der Waals surface area (Å²) in [6.45, 7) is 0. The van der Waals surface area contributed by atoms with E-state index in [1.165, 1.54) is 23.7 Å². The summed E-state index contributed by atoms with van der Waals surface area (Å²) in [6, 6.07) is 9.76. The molecular weight excluding hydrogens is 198 g/mol. The molecule has 3 heteroatoms. The van der Waals surface area contributed by atoms with Crippen LogP contribution in [-0.2, 0) is 12.8 Å². The van der Waals surface area contributed by atoms with Gasteiger partial charge in [0.25, 0.3) is 0 Å². The zero-order valence-corrected chi connectivity index (χ0v) is 8.83. The summed E-state index contributed by atoms with van der Waals surface area (Å²) in [4.78, 5) is 0. The van der Waals surface area contributed by atoms with Crippen molar-refractivity contribution in [3.05, 3.63) is 41.1 Å². The molecule has 1 aliphatic rings. The van der Waals surface area contributed by atoms with Crippen molar-refractivity contribution >= 4 is 5.69 Å². The fourth-order valence-corrected chi connectivity index (χ4v) is 1.99. The first kappa shape index (κ1) is 10.3.